The summed E-state index contributed by atoms with van der Waals surface area (Å²) in [4.78, 5) is 34.9. The summed E-state index contributed by atoms with van der Waals surface area (Å²) in [6, 6.07) is 2.99. The van der Waals surface area contributed by atoms with Gasteiger partial charge in [0.25, 0.3) is 5.56 Å². The van der Waals surface area contributed by atoms with Crippen LogP contribution in [0, 0.1) is 0 Å². The van der Waals surface area contributed by atoms with Crippen LogP contribution in [0.5, 0.6) is 0 Å². The Morgan fingerprint density at radius 2 is 2.19 bits per heavy atom. The molecule has 0 atom stereocenters. The van der Waals surface area contributed by atoms with Gasteiger partial charge in [0.1, 0.15) is 6.54 Å². The summed E-state index contributed by atoms with van der Waals surface area (Å²) in [6.07, 6.45) is 3.13. The second-order valence-corrected chi connectivity index (χ2v) is 4.70. The van der Waals surface area contributed by atoms with Gasteiger partial charge in [-0.2, -0.15) is 5.10 Å². The van der Waals surface area contributed by atoms with Crippen molar-refractivity contribution in [2.24, 2.45) is 7.05 Å². The number of hydrogen-bond donors (Lipinski definition) is 2. The fourth-order valence-corrected chi connectivity index (χ4v) is 1.90. The Balaban J connectivity index is 2.06. The molecule has 0 radical (unpaired) electrons. The smallest absolute Gasteiger partial charge is 0.308 e. The van der Waals surface area contributed by atoms with Gasteiger partial charge in [-0.3, -0.25) is 23.8 Å². The van der Waals surface area contributed by atoms with Gasteiger partial charge in [0.2, 0.25) is 5.91 Å². The molecular weight excluding hydrogens is 274 g/mol. The maximum Gasteiger partial charge on any atom is 0.331 e. The Bertz CT molecular complexity index is 756. The molecule has 112 valence electrons. The van der Waals surface area contributed by atoms with E-state index in [1.165, 1.54) is 19.3 Å². The van der Waals surface area contributed by atoms with Gasteiger partial charge >= 0.3 is 5.69 Å². The Morgan fingerprint density at radius 3 is 2.90 bits per heavy atom. The zero-order valence-corrected chi connectivity index (χ0v) is 11.9. The first kappa shape index (κ1) is 14.8. The van der Waals surface area contributed by atoms with E-state index in [0.717, 1.165) is 27.7 Å². The number of carbonyl (C=O) groups excluding carboxylic acids is 1. The fourth-order valence-electron chi connectivity index (χ4n) is 1.90. The number of nitrogens with zero attached hydrogens (tertiary/aromatic N) is 3. The van der Waals surface area contributed by atoms with Crippen LogP contribution in [-0.4, -0.2) is 25.2 Å². The van der Waals surface area contributed by atoms with E-state index in [4.69, 9.17) is 0 Å². The number of anilines is 1. The summed E-state index contributed by atoms with van der Waals surface area (Å²) in [5.41, 5.74) is -0.00779. The van der Waals surface area contributed by atoms with Crippen molar-refractivity contribution >= 4 is 11.7 Å². The highest BCUT2D eigenvalue weighted by Crippen LogP contribution is 2.07. The molecule has 8 heteroatoms. The van der Waals surface area contributed by atoms with Gasteiger partial charge in [0, 0.05) is 31.1 Å². The number of hydrogen-bond acceptors (Lipinski definition) is 4. The highest BCUT2D eigenvalue weighted by molar-refractivity contribution is 5.89. The molecule has 2 N–H and O–H groups in total. The molecule has 1 amide bonds. The molecule has 2 rings (SSSR count). The first-order valence-corrected chi connectivity index (χ1v) is 6.62. The van der Waals surface area contributed by atoms with Crippen LogP contribution in [0.3, 0.4) is 0 Å². The first-order valence-electron chi connectivity index (χ1n) is 6.62. The Kier molecular flexibility index (Phi) is 4.36. The summed E-state index contributed by atoms with van der Waals surface area (Å²) in [7, 11) is 1.36. The van der Waals surface area contributed by atoms with Crippen molar-refractivity contribution in [3.05, 3.63) is 44.9 Å². The lowest BCUT2D eigenvalue weighted by Crippen LogP contribution is -2.38. The maximum atomic E-state index is 11.9. The third kappa shape index (κ3) is 3.47. The van der Waals surface area contributed by atoms with Gasteiger partial charge in [0.05, 0.1) is 0 Å². The number of amides is 1. The van der Waals surface area contributed by atoms with Gasteiger partial charge in [-0.05, 0) is 6.42 Å². The molecule has 2 aromatic heterocycles. The van der Waals surface area contributed by atoms with Gasteiger partial charge in [-0.15, -0.1) is 0 Å². The lowest BCUT2D eigenvalue weighted by atomic mass is 10.2. The summed E-state index contributed by atoms with van der Waals surface area (Å²) >= 11 is 0. The average molecular weight is 291 g/mol. The summed E-state index contributed by atoms with van der Waals surface area (Å²) in [6.45, 7) is 1.87. The van der Waals surface area contributed by atoms with Crippen LogP contribution in [0.2, 0.25) is 0 Å². The van der Waals surface area contributed by atoms with Crippen molar-refractivity contribution in [1.82, 2.24) is 19.3 Å². The summed E-state index contributed by atoms with van der Waals surface area (Å²) < 4.78 is 2.11. The second kappa shape index (κ2) is 6.21. The molecule has 0 aliphatic carbocycles. The van der Waals surface area contributed by atoms with Crippen LogP contribution in [0.25, 0.3) is 0 Å². The highest BCUT2D eigenvalue weighted by atomic mass is 16.2. The zero-order valence-electron chi connectivity index (χ0n) is 11.9. The lowest BCUT2D eigenvalue weighted by molar-refractivity contribution is -0.116. The molecule has 0 aliphatic heterocycles. The molecule has 0 aliphatic rings. The highest BCUT2D eigenvalue weighted by Gasteiger charge is 2.09. The molecule has 2 aromatic rings. The van der Waals surface area contributed by atoms with E-state index in [-0.39, 0.29) is 12.5 Å². The largest absolute Gasteiger partial charge is 0.331 e. The molecule has 0 saturated heterocycles. The van der Waals surface area contributed by atoms with E-state index in [0.29, 0.717) is 5.82 Å². The summed E-state index contributed by atoms with van der Waals surface area (Å²) in [5, 5.41) is 9.40. The normalized spacial score (nSPS) is 10.6. The number of carbonyl (C=O) groups is 1. The van der Waals surface area contributed by atoms with Crippen molar-refractivity contribution in [3.8, 4) is 0 Å². The van der Waals surface area contributed by atoms with E-state index < -0.39 is 11.2 Å². The van der Waals surface area contributed by atoms with Gasteiger partial charge in [-0.1, -0.05) is 13.3 Å². The molecule has 0 unspecified atom stereocenters. The van der Waals surface area contributed by atoms with Crippen molar-refractivity contribution in [2.45, 2.75) is 26.3 Å². The SMILES string of the molecule is CCCc1cc(NC(=O)Cn2ccc(=O)n(C)c2=O)n[nH]1. The maximum absolute atomic E-state index is 11.9. The van der Waals surface area contributed by atoms with Crippen molar-refractivity contribution in [1.29, 1.82) is 0 Å². The van der Waals surface area contributed by atoms with Crippen molar-refractivity contribution in [2.75, 3.05) is 5.32 Å². The van der Waals surface area contributed by atoms with Crippen LogP contribution >= 0.6 is 0 Å². The quantitative estimate of drug-likeness (QED) is 0.800. The Hall–Kier alpha value is -2.64. The van der Waals surface area contributed by atoms with Crippen LogP contribution in [0.4, 0.5) is 5.82 Å². The lowest BCUT2D eigenvalue weighted by Gasteiger charge is -2.06. The van der Waals surface area contributed by atoms with E-state index in [2.05, 4.69) is 15.5 Å². The van der Waals surface area contributed by atoms with Gasteiger partial charge in [-0.25, -0.2) is 4.79 Å². The average Bonchev–Trinajstić information content (AvgIpc) is 2.87. The molecule has 0 saturated carbocycles. The molecule has 0 aromatic carbocycles. The van der Waals surface area contributed by atoms with Crippen LogP contribution in [0.1, 0.15) is 19.0 Å². The third-order valence-corrected chi connectivity index (χ3v) is 2.99. The van der Waals surface area contributed by atoms with Gasteiger partial charge in [0.15, 0.2) is 5.82 Å². The molecule has 0 fully saturated rings. The van der Waals surface area contributed by atoms with Crippen LogP contribution in [0.15, 0.2) is 27.9 Å². The topological polar surface area (TPSA) is 102 Å². The summed E-state index contributed by atoms with van der Waals surface area (Å²) in [5.74, 6) is 0.0339. The third-order valence-electron chi connectivity index (χ3n) is 2.99. The van der Waals surface area contributed by atoms with Crippen LogP contribution in [-0.2, 0) is 24.8 Å². The van der Waals surface area contributed by atoms with Crippen molar-refractivity contribution < 1.29 is 4.79 Å². The molecule has 2 heterocycles. The minimum absolute atomic E-state index is 0.178. The zero-order chi connectivity index (χ0) is 15.4. The molecular formula is C13H17N5O3. The predicted molar refractivity (Wildman–Crippen MR) is 77.2 cm³/mol. The number of aryl methyl sites for hydroxylation is 1. The minimum Gasteiger partial charge on any atom is -0.308 e. The van der Waals surface area contributed by atoms with Crippen LogP contribution < -0.4 is 16.6 Å². The predicted octanol–water partition coefficient (Wildman–Crippen LogP) is -0.139. The van der Waals surface area contributed by atoms with E-state index in [9.17, 15) is 14.4 Å². The fraction of sp³-hybridized carbons (Fsp3) is 0.385. The van der Waals surface area contributed by atoms with E-state index in [1.807, 2.05) is 6.92 Å². The second-order valence-electron chi connectivity index (χ2n) is 4.70. The number of nitrogens with one attached hydrogen (secondary N) is 2. The Labute approximate surface area is 120 Å². The molecule has 0 bridgehead atoms. The number of rotatable bonds is 5. The Morgan fingerprint density at radius 1 is 1.43 bits per heavy atom. The number of aromatic amines is 1. The molecule has 21 heavy (non-hydrogen) atoms. The number of aromatic nitrogens is 4. The van der Waals surface area contributed by atoms with E-state index >= 15 is 0 Å². The minimum atomic E-state index is -0.536. The van der Waals surface area contributed by atoms with E-state index in [1.54, 1.807) is 6.07 Å². The molecule has 0 spiro atoms. The first-order chi connectivity index (χ1) is 10.0. The monoisotopic (exact) mass is 291 g/mol. The van der Waals surface area contributed by atoms with Crippen molar-refractivity contribution in [3.63, 3.8) is 0 Å². The molecule has 8 nitrogen and oxygen atoms in total. The number of H-pyrrole nitrogens is 1. The van der Waals surface area contributed by atoms with Gasteiger partial charge < -0.3 is 5.32 Å². The standard InChI is InChI=1S/C13H17N5O3/c1-3-4-9-7-10(16-15-9)14-11(19)8-18-6-5-12(20)17(2)13(18)21/h5-7H,3-4,8H2,1-2H3,(H2,14,15,16,19).